The van der Waals surface area contributed by atoms with Gasteiger partial charge in [0, 0.05) is 25.8 Å². The summed E-state index contributed by atoms with van der Waals surface area (Å²) in [6.45, 7) is 4.36. The second-order valence-electron chi connectivity index (χ2n) is 6.98. The Kier molecular flexibility index (Phi) is 20.3. The average Bonchev–Trinajstić information content (AvgIpc) is 2.73. The Morgan fingerprint density at radius 2 is 1.50 bits per heavy atom. The van der Waals surface area contributed by atoms with Crippen molar-refractivity contribution in [1.29, 1.82) is 0 Å². The van der Waals surface area contributed by atoms with Gasteiger partial charge < -0.3 is 24.3 Å². The minimum Gasteiger partial charge on any atom is -0.469 e. The number of carbonyl (C=O) groups is 3. The van der Waals surface area contributed by atoms with Crippen molar-refractivity contribution in [2.75, 3.05) is 59.6 Å². The molecule has 0 aliphatic rings. The monoisotopic (exact) mass is 449 g/mol. The summed E-state index contributed by atoms with van der Waals surface area (Å²) in [5.74, 6) is -0.0199. The number of esters is 1. The van der Waals surface area contributed by atoms with E-state index >= 15 is 0 Å². The molecule has 0 aliphatic heterocycles. The SMILES string of the molecule is COCCOCCOCC(=O)NCCCCCCCCSC(=O)CC(C)C(=O)OC. The van der Waals surface area contributed by atoms with Gasteiger partial charge in [0.2, 0.25) is 5.91 Å². The molecule has 0 saturated carbocycles. The lowest BCUT2D eigenvalue weighted by Crippen LogP contribution is -2.29. The van der Waals surface area contributed by atoms with Crippen molar-refractivity contribution in [2.24, 2.45) is 5.92 Å². The highest BCUT2D eigenvalue weighted by Gasteiger charge is 2.17. The number of ether oxygens (including phenoxy) is 4. The molecule has 0 heterocycles. The molecule has 0 radical (unpaired) electrons. The van der Waals surface area contributed by atoms with Crippen molar-refractivity contribution in [2.45, 2.75) is 51.9 Å². The number of thioether (sulfide) groups is 1. The number of unbranched alkanes of at least 4 members (excludes halogenated alkanes) is 5. The fraction of sp³-hybridized carbons (Fsp3) is 0.857. The van der Waals surface area contributed by atoms with Crippen LogP contribution in [0.1, 0.15) is 51.9 Å². The summed E-state index contributed by atoms with van der Waals surface area (Å²) in [5.41, 5.74) is 0. The van der Waals surface area contributed by atoms with E-state index in [9.17, 15) is 14.4 Å². The maximum atomic E-state index is 11.8. The molecule has 8 nitrogen and oxygen atoms in total. The van der Waals surface area contributed by atoms with Crippen LogP contribution in [0.5, 0.6) is 0 Å². The zero-order valence-electron chi connectivity index (χ0n) is 18.7. The lowest BCUT2D eigenvalue weighted by molar-refractivity contribution is -0.145. The van der Waals surface area contributed by atoms with Crippen LogP contribution in [-0.2, 0) is 33.3 Å². The topological polar surface area (TPSA) is 100 Å². The normalized spacial score (nSPS) is 11.8. The van der Waals surface area contributed by atoms with Crippen LogP contribution < -0.4 is 5.32 Å². The van der Waals surface area contributed by atoms with E-state index in [4.69, 9.17) is 14.2 Å². The van der Waals surface area contributed by atoms with Gasteiger partial charge in [-0.1, -0.05) is 44.4 Å². The quantitative estimate of drug-likeness (QED) is 0.224. The molecular weight excluding hydrogens is 410 g/mol. The molecule has 1 atom stereocenters. The molecule has 9 heteroatoms. The predicted molar refractivity (Wildman–Crippen MR) is 117 cm³/mol. The van der Waals surface area contributed by atoms with E-state index in [2.05, 4.69) is 10.1 Å². The van der Waals surface area contributed by atoms with Crippen LogP contribution in [0, 0.1) is 5.92 Å². The number of nitrogens with one attached hydrogen (secondary N) is 1. The third-order valence-corrected chi connectivity index (χ3v) is 5.25. The minimum absolute atomic E-state index is 0.0474. The van der Waals surface area contributed by atoms with E-state index < -0.39 is 0 Å². The van der Waals surface area contributed by atoms with Crippen molar-refractivity contribution in [1.82, 2.24) is 5.32 Å². The van der Waals surface area contributed by atoms with Gasteiger partial charge in [0.15, 0.2) is 5.12 Å². The summed E-state index contributed by atoms with van der Waals surface area (Å²) in [5, 5.41) is 2.89. The molecule has 0 aromatic rings. The zero-order valence-corrected chi connectivity index (χ0v) is 19.6. The number of hydrogen-bond acceptors (Lipinski definition) is 8. The van der Waals surface area contributed by atoms with Gasteiger partial charge in [-0.15, -0.1) is 0 Å². The van der Waals surface area contributed by atoms with Gasteiger partial charge in [0.1, 0.15) is 6.61 Å². The van der Waals surface area contributed by atoms with Crippen molar-refractivity contribution in [3.05, 3.63) is 0 Å². The molecule has 176 valence electrons. The molecule has 30 heavy (non-hydrogen) atoms. The van der Waals surface area contributed by atoms with E-state index in [1.54, 1.807) is 14.0 Å². The van der Waals surface area contributed by atoms with Gasteiger partial charge in [-0.25, -0.2) is 0 Å². The van der Waals surface area contributed by atoms with E-state index in [0.29, 0.717) is 33.0 Å². The lowest BCUT2D eigenvalue weighted by Gasteiger charge is -2.08. The first-order chi connectivity index (χ1) is 14.5. The summed E-state index contributed by atoms with van der Waals surface area (Å²) < 4.78 is 20.0. The molecule has 0 aromatic carbocycles. The molecule has 0 fully saturated rings. The van der Waals surface area contributed by atoms with Crippen LogP contribution >= 0.6 is 11.8 Å². The van der Waals surface area contributed by atoms with Crippen molar-refractivity contribution in [3.63, 3.8) is 0 Å². The largest absolute Gasteiger partial charge is 0.469 e. The first-order valence-electron chi connectivity index (χ1n) is 10.7. The summed E-state index contributed by atoms with van der Waals surface area (Å²) in [6.07, 6.45) is 6.56. The fourth-order valence-electron chi connectivity index (χ4n) is 2.52. The predicted octanol–water partition coefficient (Wildman–Crippen LogP) is 2.58. The molecule has 1 N–H and O–H groups in total. The Hall–Kier alpha value is -1.16. The molecule has 0 aromatic heterocycles. The lowest BCUT2D eigenvalue weighted by atomic mass is 10.1. The molecule has 0 aliphatic carbocycles. The van der Waals surface area contributed by atoms with E-state index in [1.807, 2.05) is 0 Å². The van der Waals surface area contributed by atoms with E-state index in [-0.39, 0.29) is 35.9 Å². The Morgan fingerprint density at radius 1 is 0.867 bits per heavy atom. The van der Waals surface area contributed by atoms with Crippen LogP contribution in [-0.4, -0.2) is 76.5 Å². The van der Waals surface area contributed by atoms with E-state index in [1.165, 1.54) is 18.9 Å². The third-order valence-electron chi connectivity index (χ3n) is 4.27. The van der Waals surface area contributed by atoms with Gasteiger partial charge >= 0.3 is 5.97 Å². The fourth-order valence-corrected chi connectivity index (χ4v) is 3.46. The number of methoxy groups -OCH3 is 2. The van der Waals surface area contributed by atoms with E-state index in [0.717, 1.165) is 44.3 Å². The Morgan fingerprint density at radius 3 is 2.20 bits per heavy atom. The number of amides is 1. The molecule has 1 amide bonds. The smallest absolute Gasteiger partial charge is 0.308 e. The first kappa shape index (κ1) is 28.8. The molecule has 0 saturated heterocycles. The molecular formula is C21H39NO7S. The number of hydrogen-bond donors (Lipinski definition) is 1. The van der Waals surface area contributed by atoms with Crippen LogP contribution in [0.3, 0.4) is 0 Å². The summed E-state index contributed by atoms with van der Waals surface area (Å²) >= 11 is 1.30. The Labute approximate surface area is 185 Å². The van der Waals surface area contributed by atoms with Gasteiger partial charge in [-0.2, -0.15) is 0 Å². The maximum Gasteiger partial charge on any atom is 0.308 e. The first-order valence-corrected chi connectivity index (χ1v) is 11.6. The molecule has 0 spiro atoms. The van der Waals surface area contributed by atoms with Gasteiger partial charge in [0.05, 0.1) is 39.5 Å². The standard InChI is InChI=1S/C21H39NO7S/c1-18(21(25)27-3)16-20(24)30-15-9-7-5-4-6-8-10-22-19(23)17-29-14-13-28-12-11-26-2/h18H,4-17H2,1-3H3,(H,22,23). The summed E-state index contributed by atoms with van der Waals surface area (Å²) in [6, 6.07) is 0. The Balaban J connectivity index is 3.35. The number of carbonyl (C=O) groups excluding carboxylic acids is 3. The third kappa shape index (κ3) is 18.8. The number of rotatable bonds is 20. The van der Waals surface area contributed by atoms with Gasteiger partial charge in [-0.05, 0) is 12.8 Å². The molecule has 0 bridgehead atoms. The van der Waals surface area contributed by atoms with Gasteiger partial charge in [-0.3, -0.25) is 14.4 Å². The van der Waals surface area contributed by atoms with Crippen molar-refractivity contribution in [3.8, 4) is 0 Å². The molecule has 0 rings (SSSR count). The second-order valence-corrected chi connectivity index (χ2v) is 8.13. The highest BCUT2D eigenvalue weighted by Crippen LogP contribution is 2.15. The minimum atomic E-state index is -0.373. The average molecular weight is 450 g/mol. The summed E-state index contributed by atoms with van der Waals surface area (Å²) in [7, 11) is 2.95. The Bertz CT molecular complexity index is 463. The highest BCUT2D eigenvalue weighted by atomic mass is 32.2. The van der Waals surface area contributed by atoms with Crippen LogP contribution in [0.15, 0.2) is 0 Å². The van der Waals surface area contributed by atoms with Crippen molar-refractivity contribution < 1.29 is 33.3 Å². The second kappa shape index (κ2) is 21.1. The molecule has 1 unspecified atom stereocenters. The van der Waals surface area contributed by atoms with Crippen LogP contribution in [0.2, 0.25) is 0 Å². The van der Waals surface area contributed by atoms with Gasteiger partial charge in [0.25, 0.3) is 0 Å². The highest BCUT2D eigenvalue weighted by molar-refractivity contribution is 8.13. The van der Waals surface area contributed by atoms with Crippen LogP contribution in [0.4, 0.5) is 0 Å². The van der Waals surface area contributed by atoms with Crippen LogP contribution in [0.25, 0.3) is 0 Å². The maximum absolute atomic E-state index is 11.8. The summed E-state index contributed by atoms with van der Waals surface area (Å²) in [4.78, 5) is 34.7. The van der Waals surface area contributed by atoms with Crippen molar-refractivity contribution >= 4 is 28.8 Å². The zero-order chi connectivity index (χ0) is 22.5.